The quantitative estimate of drug-likeness (QED) is 0.149. The molecule has 0 spiro atoms. The Labute approximate surface area is 666 Å². The van der Waals surface area contributed by atoms with Crippen LogP contribution in [0.5, 0.6) is 0 Å². The molecule has 4 unspecified atom stereocenters. The summed E-state index contributed by atoms with van der Waals surface area (Å²) in [7, 11) is 0. The van der Waals surface area contributed by atoms with Crippen molar-refractivity contribution in [1.82, 2.24) is 79.3 Å². The van der Waals surface area contributed by atoms with Crippen LogP contribution in [-0.2, 0) is 77.8 Å². The third kappa shape index (κ3) is 26.1. The Morgan fingerprint density at radius 1 is 0.349 bits per heavy atom. The van der Waals surface area contributed by atoms with E-state index in [0.717, 1.165) is 120 Å². The molecular weight excluding hydrogens is 1360 g/mol. The summed E-state index contributed by atoms with van der Waals surface area (Å²) in [6.07, 6.45) is 28.5. The van der Waals surface area contributed by atoms with Crippen molar-refractivity contribution in [2.75, 3.05) is 65.4 Å². The normalized spacial score (nSPS) is 22.4. The first-order valence-corrected chi connectivity index (χ1v) is 42.9. The molecule has 109 heavy (non-hydrogen) atoms. The van der Waals surface area contributed by atoms with Crippen LogP contribution in [0.25, 0.3) is 0 Å². The minimum Gasteiger partial charge on any atom is -0.347 e. The molecule has 2 saturated heterocycles. The zero-order chi connectivity index (χ0) is 79.3. The molecule has 604 valence electrons. The molecule has 5 aromatic heterocycles. The number of H-pyrrole nitrogens is 2. The molecule has 2 N–H and O–H groups in total. The number of pyridine rings is 2. The molecule has 17 nitrogen and oxygen atoms in total. The van der Waals surface area contributed by atoms with Crippen LogP contribution in [-0.4, -0.2) is 206 Å². The third-order valence-electron chi connectivity index (χ3n) is 24.4. The summed E-state index contributed by atoms with van der Waals surface area (Å²) in [6, 6.07) is 15.8. The predicted octanol–water partition coefficient (Wildman–Crippen LogP) is 17.4. The molecule has 6 aromatic rings. The van der Waals surface area contributed by atoms with Gasteiger partial charge in [-0.2, -0.15) is 5.10 Å². The number of hydrogen-bond acceptors (Lipinski definition) is 16. The Morgan fingerprint density at radius 2 is 0.817 bits per heavy atom. The molecule has 1 aliphatic carbocycles. The number of fused-ring (bicyclic) bond motifs is 8. The molecule has 3 fully saturated rings. The minimum absolute atomic E-state index is 0.231. The van der Waals surface area contributed by atoms with E-state index in [1.807, 2.05) is 48.2 Å². The van der Waals surface area contributed by atoms with Crippen LogP contribution < -0.4 is 0 Å². The second-order valence-electron chi connectivity index (χ2n) is 40.3. The number of hydrogen-bond donors (Lipinski definition) is 2. The molecule has 0 bridgehead atoms. The van der Waals surface area contributed by atoms with E-state index in [1.165, 1.54) is 146 Å². The summed E-state index contributed by atoms with van der Waals surface area (Å²) >= 11 is 1.91. The third-order valence-corrected chi connectivity index (χ3v) is 25.5. The van der Waals surface area contributed by atoms with Crippen molar-refractivity contribution in [3.8, 4) is 0 Å². The average molecular weight is 1510 g/mol. The number of aromatic amines is 2. The Balaban J connectivity index is 0.000000144. The van der Waals surface area contributed by atoms with Gasteiger partial charge in [0, 0.05) is 221 Å². The smallest absolute Gasteiger partial charge is 0.0925 e. The predicted molar refractivity (Wildman–Crippen MR) is 458 cm³/mol. The largest absolute Gasteiger partial charge is 0.347 e. The highest BCUT2D eigenvalue weighted by Gasteiger charge is 2.38. The van der Waals surface area contributed by atoms with Crippen LogP contribution in [0.4, 0.5) is 0 Å². The van der Waals surface area contributed by atoms with Crippen LogP contribution in [0.15, 0.2) is 91.0 Å². The lowest BCUT2D eigenvalue weighted by atomic mass is 9.74. The highest BCUT2D eigenvalue weighted by Crippen LogP contribution is 2.39. The van der Waals surface area contributed by atoms with Gasteiger partial charge in [0.15, 0.2) is 0 Å². The second kappa shape index (κ2) is 37.8. The average Bonchev–Trinajstić information content (AvgIpc) is 1.38. The molecule has 1 saturated carbocycles. The summed E-state index contributed by atoms with van der Waals surface area (Å²) < 4.78 is 0. The number of aromatic nitrogens is 8. The molecular formula is C91H149N17S. The summed E-state index contributed by atoms with van der Waals surface area (Å²) in [5, 5.41) is 7.85. The Hall–Kier alpha value is -5.28. The fourth-order valence-corrected chi connectivity index (χ4v) is 17.6. The van der Waals surface area contributed by atoms with E-state index in [9.17, 15) is 0 Å². The molecule has 1 aromatic carbocycles. The Kier molecular flexibility index (Phi) is 30.4. The van der Waals surface area contributed by atoms with E-state index >= 15 is 0 Å². The topological polar surface area (TPSA) is 147 Å². The lowest BCUT2D eigenvalue weighted by Crippen LogP contribution is -2.51. The van der Waals surface area contributed by atoms with Gasteiger partial charge in [-0.25, -0.2) is 4.98 Å². The molecule has 4 atom stereocenters. The Bertz CT molecular complexity index is 3430. The van der Waals surface area contributed by atoms with Gasteiger partial charge in [-0.15, -0.1) is 11.8 Å². The number of thioether (sulfide) groups is 1. The number of benzene rings is 1. The van der Waals surface area contributed by atoms with Gasteiger partial charge in [-0.1, -0.05) is 49.6 Å². The van der Waals surface area contributed by atoms with Gasteiger partial charge in [-0.3, -0.25) is 69.2 Å². The second-order valence-corrected chi connectivity index (χ2v) is 41.4. The van der Waals surface area contributed by atoms with Gasteiger partial charge in [-0.05, 0) is 257 Å². The van der Waals surface area contributed by atoms with Crippen molar-refractivity contribution in [1.29, 1.82) is 0 Å². The number of imidazole rings is 1. The zero-order valence-electron chi connectivity index (χ0n) is 72.9. The maximum absolute atomic E-state index is 4.49. The summed E-state index contributed by atoms with van der Waals surface area (Å²) in [5.74, 6) is 2.10. The summed E-state index contributed by atoms with van der Waals surface area (Å²) in [4.78, 5) is 49.6. The number of nitrogens with one attached hydrogen (secondary N) is 2. The maximum Gasteiger partial charge on any atom is 0.0925 e. The van der Waals surface area contributed by atoms with Crippen molar-refractivity contribution in [3.05, 3.63) is 154 Å². The van der Waals surface area contributed by atoms with Crippen molar-refractivity contribution in [3.63, 3.8) is 0 Å². The van der Waals surface area contributed by atoms with E-state index in [2.05, 4.69) is 287 Å². The van der Waals surface area contributed by atoms with E-state index < -0.39 is 0 Å². The SMILES string of the molecule is CC(C)(C)N1CCC2CCCCC2C1.CC(C)(C)N1CCC2N=CSC2C1.CC(C)(C)N1CCc2[nH]ncc2C1.CC(C)(C)N1CCc2ccccc2C1.CC(C)(C)N1CCc2ccncc2C1.CC(C)(C)N1CCc2nc[nH]c2C1.CC(C)(C)N1CCc2ncccc2C1.CC(C)(C)N1CCc2nccnc2C1. The van der Waals surface area contributed by atoms with E-state index in [0.29, 0.717) is 22.7 Å². The molecule has 0 amide bonds. The zero-order valence-corrected chi connectivity index (χ0v) is 73.7. The van der Waals surface area contributed by atoms with Crippen LogP contribution in [0.2, 0.25) is 0 Å². The number of nitrogens with zero attached hydrogens (tertiary/aromatic N) is 15. The number of rotatable bonds is 0. The number of piperidine rings is 2. The summed E-state index contributed by atoms with van der Waals surface area (Å²) in [5.41, 5.74) is 20.5. The number of aliphatic imine (C=N–C) groups is 1. The van der Waals surface area contributed by atoms with Crippen LogP contribution in [0, 0.1) is 11.8 Å². The maximum atomic E-state index is 4.49. The van der Waals surface area contributed by atoms with Crippen LogP contribution in [0.3, 0.4) is 0 Å². The van der Waals surface area contributed by atoms with Crippen molar-refractivity contribution < 1.29 is 0 Å². The molecule has 0 radical (unpaired) electrons. The van der Waals surface area contributed by atoms with Gasteiger partial charge in [0.1, 0.15) is 0 Å². The van der Waals surface area contributed by atoms with E-state index in [-0.39, 0.29) is 27.7 Å². The van der Waals surface area contributed by atoms with Crippen LogP contribution in [0.1, 0.15) is 272 Å². The van der Waals surface area contributed by atoms with Crippen molar-refractivity contribution in [2.45, 2.75) is 338 Å². The highest BCUT2D eigenvalue weighted by molar-refractivity contribution is 8.13. The Morgan fingerprint density at radius 3 is 1.43 bits per heavy atom. The van der Waals surface area contributed by atoms with Crippen molar-refractivity contribution in [2.24, 2.45) is 16.8 Å². The highest BCUT2D eigenvalue weighted by atomic mass is 32.2. The summed E-state index contributed by atoms with van der Waals surface area (Å²) in [6.45, 7) is 72.9. The van der Waals surface area contributed by atoms with E-state index in [1.54, 1.807) is 18.7 Å². The lowest BCUT2D eigenvalue weighted by molar-refractivity contribution is 0.0287. The molecule has 14 heterocycles. The first-order valence-electron chi connectivity index (χ1n) is 42.0. The minimum atomic E-state index is 0.231. The van der Waals surface area contributed by atoms with Crippen LogP contribution >= 0.6 is 11.8 Å². The molecule has 9 aliphatic heterocycles. The van der Waals surface area contributed by atoms with Gasteiger partial charge in [0.05, 0.1) is 46.9 Å². The standard InChI is InChI=1S/C13H25N.C13H19N.2C12H18N2.C11H17N3.2C10H17N3.C10H18N2S/c2*1-13(2,3)14-9-8-11-6-4-5-7-12(11)10-14;1-12(2,3)14-7-5-10-4-6-13-8-11(10)9-14;1-12(2,3)14-8-6-11-10(9-14)5-4-7-13-11;1-11(2,3)14-7-4-9-10(8-14)13-6-5-12-9;1-10(2,3)13-5-4-9-8(7-13)6-11-12-9;1-10(2,3)13-5-4-8-9(6-13)12-7-11-8;1-10(2,3)12-5-4-8-9(6-12)13-7-11-8/h11-12H,4-10H2,1-3H3;4-7H,8-10H2,1-3H3;4,6,8H,5,7,9H2,1-3H3;4-5,7H,6,8-9H2,1-3H3;5-6H,4,7-8H2,1-3H3;6H,4-5,7H2,1-3H3,(H,11,12);7H,4-6H2,1-3H3,(H,11,12);7-9H,4-6H2,1-3H3. The van der Waals surface area contributed by atoms with Gasteiger partial charge in [0.25, 0.3) is 0 Å². The fraction of sp³-hybridized carbons (Fsp3) is 0.703. The van der Waals surface area contributed by atoms with E-state index in [4.69, 9.17) is 0 Å². The van der Waals surface area contributed by atoms with Crippen molar-refractivity contribution >= 4 is 17.3 Å². The monoisotopic (exact) mass is 1510 g/mol. The molecule has 18 heteroatoms. The number of likely N-dealkylation sites (tertiary alicyclic amines) is 2. The van der Waals surface area contributed by atoms with Gasteiger partial charge < -0.3 is 4.98 Å². The molecule has 16 rings (SSSR count). The first-order chi connectivity index (χ1) is 51.1. The fourth-order valence-electron chi connectivity index (χ4n) is 16.6. The first kappa shape index (κ1) is 87.7. The lowest BCUT2D eigenvalue weighted by Gasteiger charge is -2.46. The van der Waals surface area contributed by atoms with Gasteiger partial charge >= 0.3 is 0 Å². The van der Waals surface area contributed by atoms with Gasteiger partial charge in [0.2, 0.25) is 0 Å². The molecule has 10 aliphatic rings.